The van der Waals surface area contributed by atoms with Gasteiger partial charge in [-0.15, -0.1) is 0 Å². The Hall–Kier alpha value is -2.50. The third-order valence-corrected chi connectivity index (χ3v) is 4.70. The van der Waals surface area contributed by atoms with Crippen molar-refractivity contribution in [2.75, 3.05) is 13.1 Å². The van der Waals surface area contributed by atoms with Gasteiger partial charge in [0, 0.05) is 19.6 Å². The van der Waals surface area contributed by atoms with Crippen LogP contribution >= 0.6 is 0 Å². The van der Waals surface area contributed by atoms with Crippen LogP contribution in [0.5, 0.6) is 0 Å². The number of benzene rings is 2. The fourth-order valence-corrected chi connectivity index (χ4v) is 3.43. The van der Waals surface area contributed by atoms with Crippen LogP contribution < -0.4 is 5.43 Å². The second-order valence-corrected chi connectivity index (χ2v) is 6.23. The molecule has 24 heavy (non-hydrogen) atoms. The maximum Gasteiger partial charge on any atom is 0.261 e. The topological polar surface area (TPSA) is 52.7 Å². The van der Waals surface area contributed by atoms with Crippen LogP contribution in [0.1, 0.15) is 32.7 Å². The molecule has 0 bridgehead atoms. The van der Waals surface area contributed by atoms with Gasteiger partial charge in [-0.1, -0.05) is 42.5 Å². The third-order valence-electron chi connectivity index (χ3n) is 4.70. The van der Waals surface area contributed by atoms with Crippen molar-refractivity contribution in [1.82, 2.24) is 15.3 Å². The normalized spacial score (nSPS) is 20.7. The van der Waals surface area contributed by atoms with E-state index in [4.69, 9.17) is 0 Å². The SMILES string of the molecule is O=C1c2ccccc2C(=O)N1[C@@H]1CCN(NCc2ccccc2)C1. The number of amides is 2. The Balaban J connectivity index is 1.41. The van der Waals surface area contributed by atoms with E-state index in [2.05, 4.69) is 22.6 Å². The van der Waals surface area contributed by atoms with Crippen LogP contribution in [-0.2, 0) is 6.54 Å². The van der Waals surface area contributed by atoms with Crippen molar-refractivity contribution in [2.45, 2.75) is 19.0 Å². The standard InChI is InChI=1S/C19H19N3O2/c23-18-16-8-4-5-9-17(16)19(24)22(18)15-10-11-21(13-15)20-12-14-6-2-1-3-7-14/h1-9,15,20H,10-13H2/t15-/m1/s1. The van der Waals surface area contributed by atoms with Gasteiger partial charge in [-0.25, -0.2) is 5.01 Å². The number of nitrogens with zero attached hydrogens (tertiary/aromatic N) is 2. The molecule has 122 valence electrons. The highest BCUT2D eigenvalue weighted by atomic mass is 16.2. The van der Waals surface area contributed by atoms with Gasteiger partial charge in [-0.3, -0.25) is 19.9 Å². The fourth-order valence-electron chi connectivity index (χ4n) is 3.43. The first-order valence-corrected chi connectivity index (χ1v) is 8.23. The van der Waals surface area contributed by atoms with E-state index in [0.29, 0.717) is 17.7 Å². The van der Waals surface area contributed by atoms with Crippen molar-refractivity contribution in [3.05, 3.63) is 71.3 Å². The Kier molecular flexibility index (Phi) is 3.88. The molecule has 4 rings (SSSR count). The van der Waals surface area contributed by atoms with Crippen molar-refractivity contribution in [2.24, 2.45) is 0 Å². The van der Waals surface area contributed by atoms with E-state index in [1.807, 2.05) is 18.2 Å². The molecule has 2 aliphatic heterocycles. The Morgan fingerprint density at radius 1 is 0.917 bits per heavy atom. The Morgan fingerprint density at radius 3 is 2.21 bits per heavy atom. The third kappa shape index (κ3) is 2.62. The van der Waals surface area contributed by atoms with Gasteiger partial charge in [0.05, 0.1) is 17.2 Å². The van der Waals surface area contributed by atoms with Crippen LogP contribution in [0, 0.1) is 0 Å². The number of rotatable bonds is 4. The van der Waals surface area contributed by atoms with Gasteiger partial charge in [-0.2, -0.15) is 0 Å². The second-order valence-electron chi connectivity index (χ2n) is 6.23. The van der Waals surface area contributed by atoms with Gasteiger partial charge < -0.3 is 0 Å². The van der Waals surface area contributed by atoms with E-state index in [1.165, 1.54) is 10.5 Å². The summed E-state index contributed by atoms with van der Waals surface area (Å²) in [6.45, 7) is 2.24. The summed E-state index contributed by atoms with van der Waals surface area (Å²) in [5.74, 6) is -0.323. The number of nitrogens with one attached hydrogen (secondary N) is 1. The van der Waals surface area contributed by atoms with Crippen molar-refractivity contribution in [3.8, 4) is 0 Å². The molecule has 1 atom stereocenters. The summed E-state index contributed by atoms with van der Waals surface area (Å²) >= 11 is 0. The van der Waals surface area contributed by atoms with Crippen LogP contribution in [0.25, 0.3) is 0 Å². The molecule has 2 aromatic rings. The molecule has 2 heterocycles. The van der Waals surface area contributed by atoms with Crippen molar-refractivity contribution >= 4 is 11.8 Å². The van der Waals surface area contributed by atoms with Crippen LogP contribution in [0.2, 0.25) is 0 Å². The predicted molar refractivity (Wildman–Crippen MR) is 90.2 cm³/mol. The lowest BCUT2D eigenvalue weighted by molar-refractivity contribution is 0.0582. The predicted octanol–water partition coefficient (Wildman–Crippen LogP) is 2.06. The zero-order valence-electron chi connectivity index (χ0n) is 13.3. The summed E-state index contributed by atoms with van der Waals surface area (Å²) < 4.78 is 0. The monoisotopic (exact) mass is 321 g/mol. The minimum absolute atomic E-state index is 0.0688. The molecule has 2 aromatic carbocycles. The maximum absolute atomic E-state index is 12.5. The van der Waals surface area contributed by atoms with Gasteiger partial charge in [0.15, 0.2) is 0 Å². The molecular formula is C19H19N3O2. The smallest absolute Gasteiger partial charge is 0.261 e. The number of imide groups is 1. The van der Waals surface area contributed by atoms with Crippen molar-refractivity contribution < 1.29 is 9.59 Å². The molecule has 5 nitrogen and oxygen atoms in total. The minimum atomic E-state index is -0.162. The first-order valence-electron chi connectivity index (χ1n) is 8.23. The first kappa shape index (κ1) is 15.1. The molecule has 1 fully saturated rings. The Morgan fingerprint density at radius 2 is 1.54 bits per heavy atom. The zero-order valence-corrected chi connectivity index (χ0v) is 13.3. The summed E-state index contributed by atoms with van der Waals surface area (Å²) in [5, 5.41) is 2.10. The maximum atomic E-state index is 12.5. The first-order chi connectivity index (χ1) is 11.7. The summed E-state index contributed by atoms with van der Waals surface area (Å²) in [7, 11) is 0. The second kappa shape index (κ2) is 6.19. The van der Waals surface area contributed by atoms with Gasteiger partial charge in [-0.05, 0) is 24.1 Å². The Bertz CT molecular complexity index is 740. The van der Waals surface area contributed by atoms with Crippen molar-refractivity contribution in [3.63, 3.8) is 0 Å². The van der Waals surface area contributed by atoms with Gasteiger partial charge in [0.2, 0.25) is 0 Å². The lowest BCUT2D eigenvalue weighted by Crippen LogP contribution is -2.43. The highest BCUT2D eigenvalue weighted by Crippen LogP contribution is 2.27. The zero-order chi connectivity index (χ0) is 16.5. The lowest BCUT2D eigenvalue weighted by atomic mass is 10.1. The molecule has 5 heteroatoms. The largest absolute Gasteiger partial charge is 0.270 e. The summed E-state index contributed by atoms with van der Waals surface area (Å²) in [6, 6.07) is 17.2. The quantitative estimate of drug-likeness (QED) is 0.876. The van der Waals surface area contributed by atoms with E-state index in [9.17, 15) is 9.59 Å². The minimum Gasteiger partial charge on any atom is -0.270 e. The molecule has 2 aliphatic rings. The average Bonchev–Trinajstić information content (AvgIpc) is 3.18. The van der Waals surface area contributed by atoms with Crippen LogP contribution in [0.3, 0.4) is 0 Å². The van der Waals surface area contributed by atoms with Crippen molar-refractivity contribution in [1.29, 1.82) is 0 Å². The number of hydrogen-bond acceptors (Lipinski definition) is 4. The molecule has 0 spiro atoms. The summed E-state index contributed by atoms with van der Waals surface area (Å²) in [6.07, 6.45) is 0.799. The molecule has 2 amide bonds. The van der Waals surface area contributed by atoms with Crippen LogP contribution in [-0.4, -0.2) is 40.9 Å². The number of fused-ring (bicyclic) bond motifs is 1. The molecular weight excluding hydrogens is 302 g/mol. The molecule has 0 radical (unpaired) electrons. The van der Waals surface area contributed by atoms with Crippen LogP contribution in [0.15, 0.2) is 54.6 Å². The average molecular weight is 321 g/mol. The van der Waals surface area contributed by atoms with E-state index < -0.39 is 0 Å². The molecule has 0 aliphatic carbocycles. The number of carbonyl (C=O) groups excluding carboxylic acids is 2. The summed E-state index contributed by atoms with van der Waals surface area (Å²) in [5.41, 5.74) is 5.65. The fraction of sp³-hybridized carbons (Fsp3) is 0.263. The number of hydrogen-bond donors (Lipinski definition) is 1. The lowest BCUT2D eigenvalue weighted by Gasteiger charge is -2.23. The molecule has 1 N–H and O–H groups in total. The van der Waals surface area contributed by atoms with Gasteiger partial charge in [0.1, 0.15) is 0 Å². The van der Waals surface area contributed by atoms with E-state index in [0.717, 1.165) is 19.5 Å². The Labute approximate surface area is 140 Å². The van der Waals surface area contributed by atoms with E-state index >= 15 is 0 Å². The number of hydrazine groups is 1. The van der Waals surface area contributed by atoms with E-state index in [-0.39, 0.29) is 17.9 Å². The highest BCUT2D eigenvalue weighted by Gasteiger charge is 2.41. The molecule has 0 aromatic heterocycles. The molecule has 1 saturated heterocycles. The molecule has 0 saturated carbocycles. The van der Waals surface area contributed by atoms with Crippen LogP contribution in [0.4, 0.5) is 0 Å². The summed E-state index contributed by atoms with van der Waals surface area (Å²) in [4.78, 5) is 26.5. The molecule has 0 unspecified atom stereocenters. The van der Waals surface area contributed by atoms with E-state index in [1.54, 1.807) is 24.3 Å². The highest BCUT2D eigenvalue weighted by molar-refractivity contribution is 6.21. The van der Waals surface area contributed by atoms with Gasteiger partial charge >= 0.3 is 0 Å². The van der Waals surface area contributed by atoms with Gasteiger partial charge in [0.25, 0.3) is 11.8 Å². The number of carbonyl (C=O) groups is 2.